The highest BCUT2D eigenvalue weighted by atomic mass is 32.2. The summed E-state index contributed by atoms with van der Waals surface area (Å²) in [6, 6.07) is 7.68. The highest BCUT2D eigenvalue weighted by Gasteiger charge is 2.57. The van der Waals surface area contributed by atoms with Crippen molar-refractivity contribution in [3.63, 3.8) is 0 Å². The van der Waals surface area contributed by atoms with Crippen molar-refractivity contribution >= 4 is 57.7 Å². The summed E-state index contributed by atoms with van der Waals surface area (Å²) in [7, 11) is 0. The number of amides is 2. The number of hydrogen-bond acceptors (Lipinski definition) is 7. The summed E-state index contributed by atoms with van der Waals surface area (Å²) >= 11 is 2.57. The average molecular weight is 416 g/mol. The van der Waals surface area contributed by atoms with Crippen LogP contribution in [0.15, 0.2) is 35.7 Å². The van der Waals surface area contributed by atoms with E-state index in [1.54, 1.807) is 11.5 Å². The van der Waals surface area contributed by atoms with Crippen molar-refractivity contribution in [2.75, 3.05) is 11.5 Å². The fraction of sp³-hybridized carbons (Fsp3) is 0.222. The van der Waals surface area contributed by atoms with Crippen LogP contribution in [0, 0.1) is 0 Å². The lowest BCUT2D eigenvalue weighted by atomic mass is 10.0. The first-order valence-corrected chi connectivity index (χ1v) is 10.3. The van der Waals surface area contributed by atoms with E-state index in [1.807, 2.05) is 30.3 Å². The summed E-state index contributed by atoms with van der Waals surface area (Å²) in [5, 5.41) is 13.6. The zero-order valence-electron chi connectivity index (χ0n) is 14.4. The minimum absolute atomic E-state index is 0.295. The Kier molecular flexibility index (Phi) is 4.82. The zero-order valence-corrected chi connectivity index (χ0v) is 16.1. The summed E-state index contributed by atoms with van der Waals surface area (Å²) in [5.41, 5.74) is 7.24. The lowest BCUT2D eigenvalue weighted by Gasteiger charge is -2.43. The van der Waals surface area contributed by atoms with Crippen LogP contribution in [0.4, 0.5) is 5.13 Å². The first-order valence-electron chi connectivity index (χ1n) is 8.41. The number of thioether (sulfide) groups is 1. The number of fused-ring (bicyclic) bond motifs is 1. The molecule has 0 saturated carbocycles. The van der Waals surface area contributed by atoms with Gasteiger partial charge in [-0.05, 0) is 11.6 Å². The maximum atomic E-state index is 13.0. The Balaban J connectivity index is 1.57. The van der Waals surface area contributed by atoms with E-state index in [2.05, 4.69) is 10.3 Å². The second-order valence-electron chi connectivity index (χ2n) is 6.31. The number of β-lactam (4-membered cyclic amide) rings is 1. The topological polar surface area (TPSA) is 126 Å². The molecular formula is C18H16N4O4S2. The number of thiazole rings is 1. The molecule has 2 aliphatic rings. The van der Waals surface area contributed by atoms with Crippen LogP contribution in [0.5, 0.6) is 0 Å². The van der Waals surface area contributed by atoms with Crippen LogP contribution in [0.1, 0.15) is 11.3 Å². The molecule has 2 unspecified atom stereocenters. The fourth-order valence-corrected chi connectivity index (χ4v) is 5.22. The van der Waals surface area contributed by atoms with Gasteiger partial charge in [0.05, 0.1) is 11.3 Å². The van der Waals surface area contributed by atoms with Gasteiger partial charge in [-0.25, -0.2) is 9.78 Å². The van der Waals surface area contributed by atoms with E-state index in [9.17, 15) is 19.5 Å². The van der Waals surface area contributed by atoms with Gasteiger partial charge in [-0.15, -0.1) is 23.1 Å². The largest absolute Gasteiger partial charge is 0.480 e. The smallest absolute Gasteiger partial charge is 0.327 e. The molecule has 3 atom stereocenters. The zero-order chi connectivity index (χ0) is 19.8. The second kappa shape index (κ2) is 7.28. The number of rotatable bonds is 5. The predicted molar refractivity (Wildman–Crippen MR) is 107 cm³/mol. The molecule has 2 fully saturated rings. The second-order valence-corrected chi connectivity index (χ2v) is 8.35. The minimum atomic E-state index is -1.03. The van der Waals surface area contributed by atoms with E-state index in [-0.39, 0.29) is 11.3 Å². The van der Waals surface area contributed by atoms with E-state index in [0.717, 1.165) is 5.56 Å². The molecule has 1 aromatic carbocycles. The highest BCUT2D eigenvalue weighted by Crippen LogP contribution is 2.40. The Morgan fingerprint density at radius 1 is 1.32 bits per heavy atom. The van der Waals surface area contributed by atoms with Gasteiger partial charge in [-0.2, -0.15) is 0 Å². The number of aromatic nitrogens is 1. The number of carbonyl (C=O) groups excluding carboxylic acids is 2. The molecule has 2 aromatic rings. The minimum Gasteiger partial charge on any atom is -0.480 e. The number of nitrogens with one attached hydrogen (secondary N) is 1. The fourth-order valence-electron chi connectivity index (χ4n) is 3.19. The third kappa shape index (κ3) is 3.25. The Bertz CT molecular complexity index is 975. The molecule has 10 heteroatoms. The third-order valence-corrected chi connectivity index (χ3v) is 6.59. The molecule has 0 radical (unpaired) electrons. The van der Waals surface area contributed by atoms with Crippen molar-refractivity contribution in [2.45, 2.75) is 17.5 Å². The van der Waals surface area contributed by atoms with Crippen molar-refractivity contribution in [3.05, 3.63) is 47.0 Å². The van der Waals surface area contributed by atoms with Gasteiger partial charge < -0.3 is 21.1 Å². The van der Waals surface area contributed by atoms with E-state index >= 15 is 0 Å². The van der Waals surface area contributed by atoms with Crippen molar-refractivity contribution in [3.8, 4) is 0 Å². The Morgan fingerprint density at radius 2 is 2.07 bits per heavy atom. The lowest BCUT2D eigenvalue weighted by molar-refractivity contribution is -0.158. The molecule has 0 bridgehead atoms. The maximum Gasteiger partial charge on any atom is 0.327 e. The van der Waals surface area contributed by atoms with E-state index < -0.39 is 24.0 Å². The van der Waals surface area contributed by atoms with Gasteiger partial charge in [0, 0.05) is 11.1 Å². The molecule has 144 valence electrons. The molecule has 8 nitrogen and oxygen atoms in total. The lowest BCUT2D eigenvalue weighted by Crippen LogP contribution is -2.70. The molecule has 3 heterocycles. The third-order valence-electron chi connectivity index (χ3n) is 4.57. The van der Waals surface area contributed by atoms with Crippen molar-refractivity contribution in [1.29, 1.82) is 0 Å². The summed E-state index contributed by atoms with van der Waals surface area (Å²) in [6.07, 6.45) is 1.69. The number of carboxylic acid groups (broad SMARTS) is 1. The molecule has 4 rings (SSSR count). The van der Waals surface area contributed by atoms with Crippen LogP contribution in [0.25, 0.3) is 11.6 Å². The number of nitrogens with zero attached hydrogens (tertiary/aromatic N) is 2. The number of anilines is 1. The molecule has 2 aliphatic heterocycles. The average Bonchev–Trinajstić information content (AvgIpc) is 3.29. The molecule has 28 heavy (non-hydrogen) atoms. The first kappa shape index (κ1) is 18.5. The SMILES string of the molecule is Nc1nc(/C(=C\c2ccccc2)C(=O)NC2C(=O)N3C(C(=O)O)CS[C@H]23)cs1. The predicted octanol–water partition coefficient (Wildman–Crippen LogP) is 1.12. The van der Waals surface area contributed by atoms with Gasteiger partial charge in [-0.1, -0.05) is 30.3 Å². The van der Waals surface area contributed by atoms with Gasteiger partial charge in [0.2, 0.25) is 5.91 Å². The number of carbonyl (C=O) groups is 3. The van der Waals surface area contributed by atoms with E-state index in [0.29, 0.717) is 22.2 Å². The van der Waals surface area contributed by atoms with Gasteiger partial charge in [0.15, 0.2) is 5.13 Å². The van der Waals surface area contributed by atoms with Crippen LogP contribution in [0.2, 0.25) is 0 Å². The van der Waals surface area contributed by atoms with Crippen molar-refractivity contribution in [1.82, 2.24) is 15.2 Å². The quantitative estimate of drug-likeness (QED) is 0.492. The van der Waals surface area contributed by atoms with Crippen LogP contribution < -0.4 is 11.1 Å². The van der Waals surface area contributed by atoms with Crippen LogP contribution >= 0.6 is 23.1 Å². The van der Waals surface area contributed by atoms with Gasteiger partial charge >= 0.3 is 5.97 Å². The Hall–Kier alpha value is -2.85. The van der Waals surface area contributed by atoms with Gasteiger partial charge in [-0.3, -0.25) is 9.59 Å². The number of nitrogens with two attached hydrogens (primary N) is 1. The first-order chi connectivity index (χ1) is 13.5. The molecule has 0 spiro atoms. The van der Waals surface area contributed by atoms with Gasteiger partial charge in [0.1, 0.15) is 17.5 Å². The highest BCUT2D eigenvalue weighted by molar-refractivity contribution is 8.00. The van der Waals surface area contributed by atoms with Crippen molar-refractivity contribution in [2.24, 2.45) is 0 Å². The number of nitrogen functional groups attached to an aromatic ring is 1. The summed E-state index contributed by atoms with van der Waals surface area (Å²) in [5.74, 6) is -1.55. The standard InChI is InChI=1S/C18H16N4O4S2/c19-18-20-11(7-28-18)10(6-9-4-2-1-3-5-9)14(23)21-13-15(24)22-12(17(25)26)8-27-16(13)22/h1-7,12-13,16H,8H2,(H2,19,20)(H,21,23)(H,25,26)/b10-6+/t12?,13?,16-/m1/s1. The molecule has 2 amide bonds. The summed E-state index contributed by atoms with van der Waals surface area (Å²) in [6.45, 7) is 0. The van der Waals surface area contributed by atoms with Crippen LogP contribution in [-0.4, -0.2) is 56.0 Å². The molecule has 2 saturated heterocycles. The Morgan fingerprint density at radius 3 is 2.71 bits per heavy atom. The van der Waals surface area contributed by atoms with Crippen LogP contribution in [-0.2, 0) is 14.4 Å². The molecule has 4 N–H and O–H groups in total. The van der Waals surface area contributed by atoms with Gasteiger partial charge in [0.25, 0.3) is 5.91 Å². The number of carboxylic acids is 1. The Labute approximate surface area is 168 Å². The normalized spacial score (nSPS) is 23.9. The number of hydrogen-bond donors (Lipinski definition) is 3. The summed E-state index contributed by atoms with van der Waals surface area (Å²) < 4.78 is 0. The van der Waals surface area contributed by atoms with Crippen LogP contribution in [0.3, 0.4) is 0 Å². The number of aliphatic carboxylic acids is 1. The monoisotopic (exact) mass is 416 g/mol. The summed E-state index contributed by atoms with van der Waals surface area (Å²) in [4.78, 5) is 42.1. The molecule has 0 aliphatic carbocycles. The molecule has 1 aromatic heterocycles. The van der Waals surface area contributed by atoms with E-state index in [4.69, 9.17) is 5.73 Å². The maximum absolute atomic E-state index is 13.0. The van der Waals surface area contributed by atoms with Crippen molar-refractivity contribution < 1.29 is 19.5 Å². The molecular weight excluding hydrogens is 400 g/mol. The van der Waals surface area contributed by atoms with E-state index in [1.165, 1.54) is 28.0 Å². The number of benzene rings is 1.